The van der Waals surface area contributed by atoms with E-state index < -0.39 is 0 Å². The first kappa shape index (κ1) is 13.8. The summed E-state index contributed by atoms with van der Waals surface area (Å²) in [6.45, 7) is 2.66. The highest BCUT2D eigenvalue weighted by Crippen LogP contribution is 2.24. The molecule has 0 aliphatic rings. The van der Waals surface area contributed by atoms with Crippen LogP contribution in [-0.4, -0.2) is 41.0 Å². The second-order valence-electron chi connectivity index (χ2n) is 3.90. The van der Waals surface area contributed by atoms with Crippen LogP contribution in [0, 0.1) is 0 Å². The molecule has 2 aromatic heterocycles. The summed E-state index contributed by atoms with van der Waals surface area (Å²) >= 11 is 1.37. The molecule has 5 nitrogen and oxygen atoms in total. The Morgan fingerprint density at radius 3 is 3.00 bits per heavy atom. The van der Waals surface area contributed by atoms with E-state index in [1.165, 1.54) is 16.4 Å². The highest BCUT2D eigenvalue weighted by Gasteiger charge is 2.14. The van der Waals surface area contributed by atoms with Gasteiger partial charge >= 0.3 is 0 Å². The molecule has 0 bridgehead atoms. The summed E-state index contributed by atoms with van der Waals surface area (Å²) in [6.07, 6.45) is 5.05. The second kappa shape index (κ2) is 6.51. The van der Waals surface area contributed by atoms with Crippen molar-refractivity contribution in [2.24, 2.45) is 0 Å². The molecule has 2 aromatic rings. The fraction of sp³-hybridized carbons (Fsp3) is 0.308. The van der Waals surface area contributed by atoms with Crippen LogP contribution in [0.4, 0.5) is 0 Å². The quantitative estimate of drug-likeness (QED) is 0.599. The van der Waals surface area contributed by atoms with Crippen molar-refractivity contribution < 1.29 is 9.63 Å². The highest BCUT2D eigenvalue weighted by atomic mass is 32.1. The van der Waals surface area contributed by atoms with E-state index in [2.05, 4.69) is 9.97 Å². The Balaban J connectivity index is 2.07. The average molecular weight is 277 g/mol. The topological polar surface area (TPSA) is 55.3 Å². The van der Waals surface area contributed by atoms with E-state index in [9.17, 15) is 4.79 Å². The summed E-state index contributed by atoms with van der Waals surface area (Å²) in [4.78, 5) is 26.2. The van der Waals surface area contributed by atoms with E-state index >= 15 is 0 Å². The molecular formula is C13H15N3O2S. The normalized spacial score (nSPS) is 10.9. The van der Waals surface area contributed by atoms with Crippen molar-refractivity contribution in [3.8, 4) is 10.6 Å². The first-order valence-corrected chi connectivity index (χ1v) is 6.76. The second-order valence-corrected chi connectivity index (χ2v) is 4.93. The third-order valence-electron chi connectivity index (χ3n) is 2.40. The van der Waals surface area contributed by atoms with Gasteiger partial charge in [-0.05, 0) is 19.1 Å². The molecule has 6 heteroatoms. The zero-order valence-electron chi connectivity index (χ0n) is 10.9. The van der Waals surface area contributed by atoms with Gasteiger partial charge in [0.2, 0.25) is 0 Å². The van der Waals surface area contributed by atoms with Gasteiger partial charge < -0.3 is 0 Å². The fourth-order valence-electron chi connectivity index (χ4n) is 1.57. The van der Waals surface area contributed by atoms with Gasteiger partial charge in [0.05, 0.1) is 18.0 Å². The zero-order valence-corrected chi connectivity index (χ0v) is 11.7. The van der Waals surface area contributed by atoms with Gasteiger partial charge in [0, 0.05) is 31.2 Å². The summed E-state index contributed by atoms with van der Waals surface area (Å²) in [5.41, 5.74) is 0.921. The van der Waals surface area contributed by atoms with Crippen LogP contribution in [0.2, 0.25) is 0 Å². The Kier molecular flexibility index (Phi) is 4.73. The van der Waals surface area contributed by atoms with Crippen molar-refractivity contribution in [3.05, 3.63) is 35.6 Å². The third kappa shape index (κ3) is 3.66. The van der Waals surface area contributed by atoms with Crippen molar-refractivity contribution in [1.82, 2.24) is 15.0 Å². The minimum atomic E-state index is 0.00332. The van der Waals surface area contributed by atoms with E-state index in [4.69, 9.17) is 4.84 Å². The number of nitrogens with zero attached hydrogens (tertiary/aromatic N) is 3. The number of aromatic nitrogens is 2. The molecule has 0 fully saturated rings. The lowest BCUT2D eigenvalue weighted by Gasteiger charge is -2.13. The summed E-state index contributed by atoms with van der Waals surface area (Å²) in [7, 11) is 1.74. The van der Waals surface area contributed by atoms with Gasteiger partial charge in [-0.2, -0.15) is 5.06 Å². The number of rotatable bonds is 6. The smallest absolute Gasteiger partial charge is 0.190 e. The number of ketones is 1. The van der Waals surface area contributed by atoms with Crippen LogP contribution in [0.3, 0.4) is 0 Å². The number of hydrogen-bond donors (Lipinski definition) is 0. The number of likely N-dealkylation sites (N-methyl/N-ethyl adjacent to an activating group) is 1. The van der Waals surface area contributed by atoms with Crippen LogP contribution in [0.25, 0.3) is 10.6 Å². The summed E-state index contributed by atoms with van der Waals surface area (Å²) in [5, 5.41) is 2.33. The monoisotopic (exact) mass is 277 g/mol. The van der Waals surface area contributed by atoms with E-state index in [1.807, 2.05) is 19.1 Å². The maximum Gasteiger partial charge on any atom is 0.190 e. The lowest BCUT2D eigenvalue weighted by molar-refractivity contribution is -0.126. The molecule has 19 heavy (non-hydrogen) atoms. The molecule has 0 amide bonds. The number of Topliss-reactive ketones (excluding diaryl/α,β-unsaturated/α-hetero) is 1. The first-order valence-electron chi connectivity index (χ1n) is 5.94. The molecule has 0 aromatic carbocycles. The number of hydrogen-bond acceptors (Lipinski definition) is 6. The lowest BCUT2D eigenvalue weighted by atomic mass is 10.3. The van der Waals surface area contributed by atoms with Gasteiger partial charge in [-0.3, -0.25) is 14.6 Å². The fourth-order valence-corrected chi connectivity index (χ4v) is 2.41. The summed E-state index contributed by atoms with van der Waals surface area (Å²) in [6, 6.07) is 3.77. The van der Waals surface area contributed by atoms with Crippen molar-refractivity contribution in [2.75, 3.05) is 20.2 Å². The summed E-state index contributed by atoms with van der Waals surface area (Å²) in [5.74, 6) is 0.00332. The predicted octanol–water partition coefficient (Wildman–Crippen LogP) is 2.27. The average Bonchev–Trinajstić information content (AvgIpc) is 2.89. The highest BCUT2D eigenvalue weighted by molar-refractivity contribution is 7.17. The zero-order chi connectivity index (χ0) is 13.7. The Hall–Kier alpha value is -1.63. The van der Waals surface area contributed by atoms with Crippen LogP contribution in [0.1, 0.15) is 16.6 Å². The maximum atomic E-state index is 12.0. The van der Waals surface area contributed by atoms with E-state index in [-0.39, 0.29) is 12.3 Å². The maximum absolute atomic E-state index is 12.0. The van der Waals surface area contributed by atoms with Gasteiger partial charge in [0.15, 0.2) is 5.78 Å². The predicted molar refractivity (Wildman–Crippen MR) is 73.9 cm³/mol. The SMILES string of the molecule is CCON(C)CC(=O)c1cnc(-c2cccnc2)s1. The third-order valence-corrected chi connectivity index (χ3v) is 3.49. The molecule has 0 saturated heterocycles. The van der Waals surface area contributed by atoms with Gasteiger partial charge in [-0.25, -0.2) is 4.98 Å². The number of pyridine rings is 1. The lowest BCUT2D eigenvalue weighted by Crippen LogP contribution is -2.25. The van der Waals surface area contributed by atoms with Crippen molar-refractivity contribution in [1.29, 1.82) is 0 Å². The molecule has 2 heterocycles. The number of hydroxylamine groups is 2. The van der Waals surface area contributed by atoms with Gasteiger partial charge in [-0.1, -0.05) is 0 Å². The minimum absolute atomic E-state index is 0.00332. The molecule has 2 rings (SSSR count). The number of thiazole rings is 1. The van der Waals surface area contributed by atoms with Gasteiger partial charge in [0.25, 0.3) is 0 Å². The first-order chi connectivity index (χ1) is 9.20. The molecule has 0 N–H and O–H groups in total. The molecule has 0 radical (unpaired) electrons. The van der Waals surface area contributed by atoms with Gasteiger partial charge in [-0.15, -0.1) is 11.3 Å². The molecule has 0 spiro atoms. The number of carbonyl (C=O) groups is 1. The molecule has 0 saturated carbocycles. The van der Waals surface area contributed by atoms with Crippen molar-refractivity contribution >= 4 is 17.1 Å². The molecule has 0 unspecified atom stereocenters. The molecule has 0 aliphatic carbocycles. The molecule has 0 aliphatic heterocycles. The van der Waals surface area contributed by atoms with E-state index in [1.54, 1.807) is 25.6 Å². The van der Waals surface area contributed by atoms with Crippen molar-refractivity contribution in [2.45, 2.75) is 6.92 Å². The Morgan fingerprint density at radius 1 is 1.47 bits per heavy atom. The van der Waals surface area contributed by atoms with Crippen LogP contribution >= 0.6 is 11.3 Å². The molecular weight excluding hydrogens is 262 g/mol. The Morgan fingerprint density at radius 2 is 2.32 bits per heavy atom. The van der Waals surface area contributed by atoms with Crippen molar-refractivity contribution in [3.63, 3.8) is 0 Å². The summed E-state index contributed by atoms with van der Waals surface area (Å²) < 4.78 is 0. The van der Waals surface area contributed by atoms with E-state index in [0.29, 0.717) is 11.5 Å². The minimum Gasteiger partial charge on any atom is -0.299 e. The Bertz CT molecular complexity index is 542. The van der Waals surface area contributed by atoms with E-state index in [0.717, 1.165) is 10.6 Å². The Labute approximate surface area is 115 Å². The molecule has 100 valence electrons. The largest absolute Gasteiger partial charge is 0.299 e. The standard InChI is InChI=1S/C13H15N3O2S/c1-3-18-16(2)9-11(17)12-8-15-13(19-12)10-5-4-6-14-7-10/h4-8H,3,9H2,1-2H3. The number of carbonyl (C=O) groups excluding carboxylic acids is 1. The van der Waals surface area contributed by atoms with Crippen LogP contribution in [0.15, 0.2) is 30.7 Å². The van der Waals surface area contributed by atoms with Gasteiger partial charge in [0.1, 0.15) is 5.01 Å². The van der Waals surface area contributed by atoms with Crippen LogP contribution in [-0.2, 0) is 4.84 Å². The van der Waals surface area contributed by atoms with Crippen LogP contribution < -0.4 is 0 Å². The van der Waals surface area contributed by atoms with Crippen LogP contribution in [0.5, 0.6) is 0 Å². The molecule has 0 atom stereocenters.